The molecule has 0 radical (unpaired) electrons. The summed E-state index contributed by atoms with van der Waals surface area (Å²) in [6.45, 7) is 4.65. The van der Waals surface area contributed by atoms with Gasteiger partial charge in [-0.2, -0.15) is 0 Å². The van der Waals surface area contributed by atoms with Crippen LogP contribution in [0.3, 0.4) is 0 Å². The molecule has 0 N–H and O–H groups in total. The van der Waals surface area contributed by atoms with Crippen LogP contribution < -0.4 is 0 Å². The fourth-order valence-electron chi connectivity index (χ4n) is 2.19. The summed E-state index contributed by atoms with van der Waals surface area (Å²) in [6, 6.07) is 0. The number of ether oxygens (including phenoxy) is 3. The molecule has 1 aliphatic carbocycles. The van der Waals surface area contributed by atoms with Gasteiger partial charge < -0.3 is 14.2 Å². The number of alkyl halides is 1. The van der Waals surface area contributed by atoms with Gasteiger partial charge in [-0.25, -0.2) is 0 Å². The molecule has 3 nitrogen and oxygen atoms in total. The van der Waals surface area contributed by atoms with Gasteiger partial charge in [0.2, 0.25) is 0 Å². The second-order valence-corrected chi connectivity index (χ2v) is 5.75. The maximum atomic E-state index is 6.07. The van der Waals surface area contributed by atoms with E-state index in [9.17, 15) is 0 Å². The van der Waals surface area contributed by atoms with Gasteiger partial charge in [0.1, 0.15) is 0 Å². The fourth-order valence-corrected chi connectivity index (χ4v) is 3.05. The smallest absolute Gasteiger partial charge is 0.0962 e. The Hall–Kier alpha value is 0.360. The molecule has 94 valence electrons. The van der Waals surface area contributed by atoms with Gasteiger partial charge in [-0.1, -0.05) is 22.9 Å². The molecule has 0 aromatic carbocycles. The van der Waals surface area contributed by atoms with Crippen LogP contribution in [0.4, 0.5) is 0 Å². The Balaban J connectivity index is 1.72. The molecular formula is C12H21BrO3. The van der Waals surface area contributed by atoms with Crippen molar-refractivity contribution in [3.05, 3.63) is 0 Å². The fraction of sp³-hybridized carbons (Fsp3) is 1.00. The molecule has 2 rings (SSSR count). The van der Waals surface area contributed by atoms with Crippen molar-refractivity contribution in [3.63, 3.8) is 0 Å². The van der Waals surface area contributed by atoms with Crippen LogP contribution in [0, 0.1) is 0 Å². The quantitative estimate of drug-likeness (QED) is 0.729. The Morgan fingerprint density at radius 2 is 2.06 bits per heavy atom. The average molecular weight is 293 g/mol. The molecule has 0 amide bonds. The Morgan fingerprint density at radius 3 is 2.69 bits per heavy atom. The third-order valence-corrected chi connectivity index (χ3v) is 4.13. The van der Waals surface area contributed by atoms with Crippen LogP contribution in [0.15, 0.2) is 0 Å². The van der Waals surface area contributed by atoms with Gasteiger partial charge >= 0.3 is 0 Å². The standard InChI is InChI=1S/C12H21BrO3/c1-2-5-15-12-10(13)8-11(12)16-9-3-6-14-7-4-9/h9-12H,2-8H2,1H3. The van der Waals surface area contributed by atoms with Gasteiger partial charge in [0, 0.05) is 24.6 Å². The van der Waals surface area contributed by atoms with E-state index < -0.39 is 0 Å². The van der Waals surface area contributed by atoms with E-state index in [2.05, 4.69) is 22.9 Å². The second-order valence-electron chi connectivity index (χ2n) is 4.57. The highest BCUT2D eigenvalue weighted by molar-refractivity contribution is 9.09. The molecule has 0 bridgehead atoms. The van der Waals surface area contributed by atoms with E-state index in [1.54, 1.807) is 0 Å². The zero-order valence-corrected chi connectivity index (χ0v) is 11.4. The lowest BCUT2D eigenvalue weighted by Crippen LogP contribution is -2.52. The first-order valence-corrected chi connectivity index (χ1v) is 7.21. The summed E-state index contributed by atoms with van der Waals surface area (Å²) in [4.78, 5) is 0.476. The highest BCUT2D eigenvalue weighted by atomic mass is 79.9. The van der Waals surface area contributed by atoms with E-state index in [0.29, 0.717) is 17.0 Å². The highest BCUT2D eigenvalue weighted by Crippen LogP contribution is 2.35. The van der Waals surface area contributed by atoms with Crippen molar-refractivity contribution in [2.24, 2.45) is 0 Å². The molecule has 2 aliphatic rings. The molecule has 0 aromatic heterocycles. The van der Waals surface area contributed by atoms with Crippen LogP contribution >= 0.6 is 15.9 Å². The van der Waals surface area contributed by atoms with Crippen LogP contribution in [0.2, 0.25) is 0 Å². The first-order chi connectivity index (χ1) is 7.81. The number of hydrogen-bond donors (Lipinski definition) is 0. The van der Waals surface area contributed by atoms with E-state index >= 15 is 0 Å². The third-order valence-electron chi connectivity index (χ3n) is 3.23. The van der Waals surface area contributed by atoms with E-state index in [1.165, 1.54) is 0 Å². The Kier molecular flexibility index (Phi) is 5.07. The summed E-state index contributed by atoms with van der Waals surface area (Å²) in [6.07, 6.45) is 5.13. The molecule has 0 spiro atoms. The van der Waals surface area contributed by atoms with Crippen molar-refractivity contribution in [2.75, 3.05) is 19.8 Å². The van der Waals surface area contributed by atoms with Crippen LogP contribution in [0.5, 0.6) is 0 Å². The molecule has 1 aliphatic heterocycles. The van der Waals surface area contributed by atoms with Crippen LogP contribution in [0.1, 0.15) is 32.6 Å². The van der Waals surface area contributed by atoms with Crippen molar-refractivity contribution in [1.82, 2.24) is 0 Å². The second kappa shape index (κ2) is 6.34. The predicted molar refractivity (Wildman–Crippen MR) is 66.1 cm³/mol. The van der Waals surface area contributed by atoms with Gasteiger partial charge in [-0.05, 0) is 25.7 Å². The summed E-state index contributed by atoms with van der Waals surface area (Å²) in [7, 11) is 0. The molecular weight excluding hydrogens is 272 g/mol. The lowest BCUT2D eigenvalue weighted by atomic mass is 9.91. The lowest BCUT2D eigenvalue weighted by Gasteiger charge is -2.43. The maximum Gasteiger partial charge on any atom is 0.0962 e. The van der Waals surface area contributed by atoms with E-state index in [1.807, 2.05) is 0 Å². The van der Waals surface area contributed by atoms with Crippen molar-refractivity contribution in [3.8, 4) is 0 Å². The van der Waals surface area contributed by atoms with Gasteiger partial charge in [-0.3, -0.25) is 0 Å². The van der Waals surface area contributed by atoms with Gasteiger partial charge in [-0.15, -0.1) is 0 Å². The van der Waals surface area contributed by atoms with Gasteiger partial charge in [0.05, 0.1) is 18.3 Å². The van der Waals surface area contributed by atoms with Gasteiger partial charge in [0.25, 0.3) is 0 Å². The van der Waals surface area contributed by atoms with E-state index in [0.717, 1.165) is 45.5 Å². The molecule has 3 unspecified atom stereocenters. The SMILES string of the molecule is CCCOC1C(Br)CC1OC1CCOCC1. The topological polar surface area (TPSA) is 27.7 Å². The molecule has 3 atom stereocenters. The van der Waals surface area contributed by atoms with Crippen LogP contribution in [0.25, 0.3) is 0 Å². The number of rotatable bonds is 5. The summed E-state index contributed by atoms with van der Waals surface area (Å²) in [5.74, 6) is 0. The zero-order chi connectivity index (χ0) is 11.4. The first kappa shape index (κ1) is 12.8. The number of halogens is 1. The largest absolute Gasteiger partial charge is 0.381 e. The first-order valence-electron chi connectivity index (χ1n) is 6.30. The molecule has 1 saturated carbocycles. The highest BCUT2D eigenvalue weighted by Gasteiger charge is 2.42. The van der Waals surface area contributed by atoms with Crippen molar-refractivity contribution in [2.45, 2.75) is 55.7 Å². The Bertz CT molecular complexity index is 206. The van der Waals surface area contributed by atoms with Crippen molar-refractivity contribution in [1.29, 1.82) is 0 Å². The molecule has 1 saturated heterocycles. The molecule has 1 heterocycles. The average Bonchev–Trinajstić information content (AvgIpc) is 2.30. The third kappa shape index (κ3) is 3.19. The molecule has 2 fully saturated rings. The summed E-state index contributed by atoms with van der Waals surface area (Å²) < 4.78 is 17.2. The summed E-state index contributed by atoms with van der Waals surface area (Å²) in [5.41, 5.74) is 0. The minimum Gasteiger partial charge on any atom is -0.381 e. The van der Waals surface area contributed by atoms with Crippen molar-refractivity contribution < 1.29 is 14.2 Å². The van der Waals surface area contributed by atoms with E-state index in [4.69, 9.17) is 14.2 Å². The Morgan fingerprint density at radius 1 is 1.31 bits per heavy atom. The molecule has 4 heteroatoms. The maximum absolute atomic E-state index is 6.07. The zero-order valence-electron chi connectivity index (χ0n) is 9.86. The molecule has 0 aromatic rings. The van der Waals surface area contributed by atoms with E-state index in [-0.39, 0.29) is 6.10 Å². The van der Waals surface area contributed by atoms with Crippen molar-refractivity contribution >= 4 is 15.9 Å². The normalized spacial score (nSPS) is 36.0. The predicted octanol–water partition coefficient (Wildman–Crippen LogP) is 2.51. The molecule has 16 heavy (non-hydrogen) atoms. The minimum atomic E-state index is 0.253. The monoisotopic (exact) mass is 292 g/mol. The summed E-state index contributed by atoms with van der Waals surface area (Å²) in [5, 5.41) is 0. The van der Waals surface area contributed by atoms with Crippen LogP contribution in [-0.4, -0.2) is 43.0 Å². The lowest BCUT2D eigenvalue weighted by molar-refractivity contribution is -0.160. The van der Waals surface area contributed by atoms with Gasteiger partial charge in [0.15, 0.2) is 0 Å². The minimum absolute atomic E-state index is 0.253. The summed E-state index contributed by atoms with van der Waals surface area (Å²) >= 11 is 3.63. The Labute approximate surface area is 106 Å². The van der Waals surface area contributed by atoms with Crippen LogP contribution in [-0.2, 0) is 14.2 Å². The number of hydrogen-bond acceptors (Lipinski definition) is 3.